The second-order valence-electron chi connectivity index (χ2n) is 12.7. The van der Waals surface area contributed by atoms with E-state index in [4.69, 9.17) is 9.72 Å². The van der Waals surface area contributed by atoms with Crippen LogP contribution in [0.1, 0.15) is 56.8 Å². The summed E-state index contributed by atoms with van der Waals surface area (Å²) >= 11 is 0. The number of para-hydroxylation sites is 1. The molecule has 1 aromatic heterocycles. The van der Waals surface area contributed by atoms with Gasteiger partial charge in [0.1, 0.15) is 11.4 Å². The number of hydrogen-bond donors (Lipinski definition) is 3. The maximum Gasteiger partial charge on any atom is 0.407 e. The van der Waals surface area contributed by atoms with Gasteiger partial charge in [-0.15, -0.1) is 0 Å². The molecule has 1 saturated heterocycles. The molecule has 0 spiro atoms. The number of nitrogens with one attached hydrogen (secondary N) is 3. The number of ether oxygens (including phenoxy) is 1. The highest BCUT2D eigenvalue weighted by molar-refractivity contribution is 6.07. The van der Waals surface area contributed by atoms with E-state index in [9.17, 15) is 14.4 Å². The van der Waals surface area contributed by atoms with Gasteiger partial charge in [0.25, 0.3) is 5.91 Å². The summed E-state index contributed by atoms with van der Waals surface area (Å²) in [5.41, 5.74) is 0.882. The zero-order valence-electron chi connectivity index (χ0n) is 25.2. The Hall–Kier alpha value is -3.40. The second-order valence-corrected chi connectivity index (χ2v) is 12.7. The Morgan fingerprint density at radius 3 is 2.24 bits per heavy atom. The van der Waals surface area contributed by atoms with Gasteiger partial charge in [0.2, 0.25) is 5.91 Å². The highest BCUT2D eigenvalue weighted by atomic mass is 16.6. The molecule has 10 nitrogen and oxygen atoms in total. The van der Waals surface area contributed by atoms with Gasteiger partial charge in [-0.25, -0.2) is 9.78 Å². The lowest BCUT2D eigenvalue weighted by molar-refractivity contribution is -0.125. The Labute approximate surface area is 243 Å². The van der Waals surface area contributed by atoms with E-state index < -0.39 is 5.60 Å². The number of rotatable bonds is 10. The van der Waals surface area contributed by atoms with E-state index in [2.05, 4.69) is 20.9 Å². The molecule has 1 aliphatic carbocycles. The number of nitrogens with zero attached hydrogens (tertiary/aromatic N) is 3. The van der Waals surface area contributed by atoms with E-state index in [0.29, 0.717) is 50.1 Å². The van der Waals surface area contributed by atoms with E-state index in [0.717, 1.165) is 48.9 Å². The predicted molar refractivity (Wildman–Crippen MR) is 161 cm³/mol. The maximum atomic E-state index is 13.4. The first-order valence-electron chi connectivity index (χ1n) is 14.8. The second kappa shape index (κ2) is 13.5. The number of alkyl carbamates (subject to hydrolysis) is 1. The van der Waals surface area contributed by atoms with Crippen LogP contribution in [0.15, 0.2) is 30.3 Å². The molecular formula is C31H46N6O4. The summed E-state index contributed by atoms with van der Waals surface area (Å²) in [6.07, 6.45) is 3.67. The van der Waals surface area contributed by atoms with Crippen molar-refractivity contribution in [3.63, 3.8) is 0 Å². The molecule has 2 aromatic rings. The first kappa shape index (κ1) is 30.6. The number of fused-ring (bicyclic) bond motifs is 1. The molecule has 1 saturated carbocycles. The van der Waals surface area contributed by atoms with E-state index >= 15 is 0 Å². The van der Waals surface area contributed by atoms with Crippen molar-refractivity contribution in [2.75, 3.05) is 58.3 Å². The Balaban J connectivity index is 1.28. The summed E-state index contributed by atoms with van der Waals surface area (Å²) in [4.78, 5) is 46.7. The average molecular weight is 567 g/mol. The Kier molecular flexibility index (Phi) is 10.1. The summed E-state index contributed by atoms with van der Waals surface area (Å²) in [5, 5.41) is 9.89. The monoisotopic (exact) mass is 566 g/mol. The standard InChI is InChI=1S/C31H46N6O4/c1-31(2,3)41-30(40)34-18-22-12-10-21(11-13-22)17-33-29(39)25-16-27(35-26-9-7-6-8-24(25)26)37-19-23(20-37)28(38)32-14-15-36(4)5/h6-9,16,21-23H,10-15,17-20H2,1-5H3,(H,32,38)(H,33,39)(H,34,40)/t21-,22-. The number of carbonyl (C=O) groups excluding carboxylic acids is 3. The molecule has 2 heterocycles. The zero-order chi connectivity index (χ0) is 29.6. The van der Waals surface area contributed by atoms with E-state index in [1.54, 1.807) is 0 Å². The summed E-state index contributed by atoms with van der Waals surface area (Å²) in [6.45, 7) is 9.43. The fourth-order valence-electron chi connectivity index (χ4n) is 5.40. The van der Waals surface area contributed by atoms with Crippen LogP contribution in [0.5, 0.6) is 0 Å². The number of aromatic nitrogens is 1. The van der Waals surface area contributed by atoms with Crippen molar-refractivity contribution in [2.24, 2.45) is 17.8 Å². The van der Waals surface area contributed by atoms with Crippen LogP contribution < -0.4 is 20.9 Å². The van der Waals surface area contributed by atoms with Gasteiger partial charge in [-0.2, -0.15) is 0 Å². The largest absolute Gasteiger partial charge is 0.444 e. The van der Waals surface area contributed by atoms with Crippen LogP contribution in [-0.2, 0) is 9.53 Å². The first-order valence-corrected chi connectivity index (χ1v) is 14.8. The van der Waals surface area contributed by atoms with Gasteiger partial charge in [-0.1, -0.05) is 18.2 Å². The SMILES string of the molecule is CN(C)CCNC(=O)C1CN(c2cc(C(=O)NC[C@H]3CC[C@H](CNC(=O)OC(C)(C)C)CC3)c3ccccc3n2)C1. The summed E-state index contributed by atoms with van der Waals surface area (Å²) in [7, 11) is 3.96. The minimum atomic E-state index is -0.499. The summed E-state index contributed by atoms with van der Waals surface area (Å²) in [5.74, 6) is 1.46. The molecule has 3 N–H and O–H groups in total. The third-order valence-corrected chi connectivity index (χ3v) is 7.83. The first-order chi connectivity index (χ1) is 19.5. The van der Waals surface area contributed by atoms with Gasteiger partial charge in [-0.05, 0) is 84.5 Å². The van der Waals surface area contributed by atoms with Crippen LogP contribution in [0.3, 0.4) is 0 Å². The zero-order valence-corrected chi connectivity index (χ0v) is 25.2. The van der Waals surface area contributed by atoms with Crippen LogP contribution in [0.4, 0.5) is 10.6 Å². The molecule has 2 fully saturated rings. The van der Waals surface area contributed by atoms with Crippen molar-refractivity contribution in [1.29, 1.82) is 0 Å². The van der Waals surface area contributed by atoms with Gasteiger partial charge >= 0.3 is 6.09 Å². The van der Waals surface area contributed by atoms with Gasteiger partial charge in [-0.3, -0.25) is 9.59 Å². The van der Waals surface area contributed by atoms with Crippen LogP contribution in [0, 0.1) is 17.8 Å². The molecule has 4 rings (SSSR count). The smallest absolute Gasteiger partial charge is 0.407 e. The van der Waals surface area contributed by atoms with Crippen molar-refractivity contribution >= 4 is 34.6 Å². The fraction of sp³-hybridized carbons (Fsp3) is 0.613. The number of anilines is 1. The molecule has 224 valence electrons. The third-order valence-electron chi connectivity index (χ3n) is 7.83. The van der Waals surface area contributed by atoms with Crippen LogP contribution in [0.25, 0.3) is 10.9 Å². The number of likely N-dealkylation sites (N-methyl/N-ethyl adjacent to an activating group) is 1. The fourth-order valence-corrected chi connectivity index (χ4v) is 5.40. The van der Waals surface area contributed by atoms with E-state index in [1.165, 1.54) is 0 Å². The molecule has 10 heteroatoms. The molecule has 1 aliphatic heterocycles. The number of hydrogen-bond acceptors (Lipinski definition) is 7. The molecular weight excluding hydrogens is 520 g/mol. The van der Waals surface area contributed by atoms with E-state index in [-0.39, 0.29) is 23.8 Å². The van der Waals surface area contributed by atoms with Crippen molar-refractivity contribution < 1.29 is 19.1 Å². The molecule has 0 unspecified atom stereocenters. The highest BCUT2D eigenvalue weighted by Crippen LogP contribution is 2.30. The minimum Gasteiger partial charge on any atom is -0.444 e. The molecule has 2 aliphatic rings. The van der Waals surface area contributed by atoms with Gasteiger partial charge in [0, 0.05) is 44.7 Å². The Morgan fingerprint density at radius 2 is 1.61 bits per heavy atom. The third kappa shape index (κ3) is 8.79. The van der Waals surface area contributed by atoms with Crippen molar-refractivity contribution in [3.8, 4) is 0 Å². The molecule has 41 heavy (non-hydrogen) atoms. The topological polar surface area (TPSA) is 116 Å². The van der Waals surface area contributed by atoms with Gasteiger partial charge in [0.15, 0.2) is 0 Å². The predicted octanol–water partition coefficient (Wildman–Crippen LogP) is 3.41. The van der Waals surface area contributed by atoms with Crippen molar-refractivity contribution in [3.05, 3.63) is 35.9 Å². The van der Waals surface area contributed by atoms with Crippen LogP contribution in [0.2, 0.25) is 0 Å². The molecule has 0 radical (unpaired) electrons. The van der Waals surface area contributed by atoms with Crippen molar-refractivity contribution in [2.45, 2.75) is 52.1 Å². The van der Waals surface area contributed by atoms with E-state index in [1.807, 2.05) is 70.1 Å². The maximum absolute atomic E-state index is 13.4. The van der Waals surface area contributed by atoms with Crippen LogP contribution >= 0.6 is 0 Å². The molecule has 1 aromatic carbocycles. The molecule has 0 atom stereocenters. The van der Waals surface area contributed by atoms with Crippen molar-refractivity contribution in [1.82, 2.24) is 25.8 Å². The van der Waals surface area contributed by atoms with Crippen LogP contribution in [-0.4, -0.2) is 86.8 Å². The minimum absolute atomic E-state index is 0.0669. The lowest BCUT2D eigenvalue weighted by Crippen LogP contribution is -2.54. The van der Waals surface area contributed by atoms with Gasteiger partial charge in [0.05, 0.1) is 17.0 Å². The number of carbonyl (C=O) groups is 3. The Bertz CT molecular complexity index is 1210. The number of pyridine rings is 1. The normalized spacial score (nSPS) is 19.5. The summed E-state index contributed by atoms with van der Waals surface area (Å²) in [6, 6.07) is 9.56. The lowest BCUT2D eigenvalue weighted by Gasteiger charge is -2.39. The highest BCUT2D eigenvalue weighted by Gasteiger charge is 2.34. The molecule has 0 bridgehead atoms. The van der Waals surface area contributed by atoms with Gasteiger partial charge < -0.3 is 30.5 Å². The summed E-state index contributed by atoms with van der Waals surface area (Å²) < 4.78 is 5.33. The quantitative estimate of drug-likeness (QED) is 0.404. The number of amides is 3. The Morgan fingerprint density at radius 1 is 0.976 bits per heavy atom. The molecule has 3 amide bonds. The lowest BCUT2D eigenvalue weighted by atomic mass is 9.82. The number of benzene rings is 1. The average Bonchev–Trinajstić information content (AvgIpc) is 2.88.